The number of nitrogens with one attached hydrogen (secondary N) is 1. The first-order valence-electron chi connectivity index (χ1n) is 8.19. The van der Waals surface area contributed by atoms with Crippen molar-refractivity contribution in [3.8, 4) is 28.7 Å². The van der Waals surface area contributed by atoms with E-state index in [0.717, 1.165) is 4.90 Å². The molecular weight excluding hydrogens is 382 g/mol. The van der Waals surface area contributed by atoms with Gasteiger partial charge in [0, 0.05) is 16.0 Å². The molecule has 0 atom stereocenters. The maximum Gasteiger partial charge on any atom is 0.322 e. The van der Waals surface area contributed by atoms with Gasteiger partial charge in [-0.25, -0.2) is 0 Å². The van der Waals surface area contributed by atoms with E-state index in [1.807, 2.05) is 18.4 Å². The average Bonchev–Trinajstić information content (AvgIpc) is 3.20. The Morgan fingerprint density at radius 2 is 1.75 bits per heavy atom. The number of anilines is 1. The standard InChI is InChI=1S/C19H19N3O5S/c1-24-14-9-12(10-15(25-2)16(14)26-3)18-21-22-19(27-18)20-17(23)11-6-5-7-13(8-11)28-4/h5-10H,1-4H3,(H,20,22,23). The van der Waals surface area contributed by atoms with E-state index in [1.54, 1.807) is 36.0 Å². The minimum Gasteiger partial charge on any atom is -0.493 e. The Bertz CT molecular complexity index is 964. The highest BCUT2D eigenvalue weighted by Gasteiger charge is 2.18. The number of hydrogen-bond acceptors (Lipinski definition) is 8. The lowest BCUT2D eigenvalue weighted by molar-refractivity contribution is 0.102. The van der Waals surface area contributed by atoms with Crippen molar-refractivity contribution < 1.29 is 23.4 Å². The minimum atomic E-state index is -0.337. The molecule has 0 aliphatic heterocycles. The molecule has 146 valence electrons. The summed E-state index contributed by atoms with van der Waals surface area (Å²) in [5.74, 6) is 1.22. The Labute approximate surface area is 166 Å². The van der Waals surface area contributed by atoms with Crippen molar-refractivity contribution in [2.24, 2.45) is 0 Å². The molecular formula is C19H19N3O5S. The van der Waals surface area contributed by atoms with Crippen LogP contribution >= 0.6 is 11.8 Å². The van der Waals surface area contributed by atoms with Gasteiger partial charge >= 0.3 is 6.01 Å². The predicted octanol–water partition coefficient (Wildman–Crippen LogP) is 3.74. The topological polar surface area (TPSA) is 95.7 Å². The lowest BCUT2D eigenvalue weighted by Gasteiger charge is -2.12. The molecule has 0 bridgehead atoms. The highest BCUT2D eigenvalue weighted by atomic mass is 32.2. The number of nitrogens with zero attached hydrogens (tertiary/aromatic N) is 2. The molecule has 1 aromatic heterocycles. The number of benzene rings is 2. The second-order valence-corrected chi connectivity index (χ2v) is 6.39. The molecule has 0 unspecified atom stereocenters. The van der Waals surface area contributed by atoms with Gasteiger partial charge in [0.05, 0.1) is 21.3 Å². The molecule has 0 saturated carbocycles. The number of hydrogen-bond donors (Lipinski definition) is 1. The van der Waals surface area contributed by atoms with Crippen molar-refractivity contribution >= 4 is 23.7 Å². The molecule has 0 aliphatic carbocycles. The van der Waals surface area contributed by atoms with Crippen LogP contribution < -0.4 is 19.5 Å². The third-order valence-electron chi connectivity index (χ3n) is 3.89. The van der Waals surface area contributed by atoms with E-state index in [-0.39, 0.29) is 17.8 Å². The summed E-state index contributed by atoms with van der Waals surface area (Å²) in [5, 5.41) is 10.5. The van der Waals surface area contributed by atoms with Gasteiger partial charge in [-0.3, -0.25) is 10.1 Å². The lowest BCUT2D eigenvalue weighted by atomic mass is 10.2. The number of thioether (sulfide) groups is 1. The van der Waals surface area contributed by atoms with Crippen molar-refractivity contribution in [2.75, 3.05) is 32.9 Å². The van der Waals surface area contributed by atoms with Crippen LogP contribution in [-0.2, 0) is 0 Å². The second-order valence-electron chi connectivity index (χ2n) is 5.51. The van der Waals surface area contributed by atoms with E-state index in [9.17, 15) is 4.79 Å². The van der Waals surface area contributed by atoms with Crippen LogP contribution in [0.25, 0.3) is 11.5 Å². The van der Waals surface area contributed by atoms with Crippen molar-refractivity contribution in [3.63, 3.8) is 0 Å². The zero-order valence-electron chi connectivity index (χ0n) is 15.8. The van der Waals surface area contributed by atoms with Crippen molar-refractivity contribution in [1.29, 1.82) is 0 Å². The zero-order chi connectivity index (χ0) is 20.1. The maximum atomic E-state index is 12.4. The summed E-state index contributed by atoms with van der Waals surface area (Å²) in [6.45, 7) is 0. The SMILES string of the molecule is COc1cc(-c2nnc(NC(=O)c3cccc(SC)c3)o2)cc(OC)c1OC. The Hall–Kier alpha value is -3.20. The van der Waals surface area contributed by atoms with Gasteiger partial charge in [-0.15, -0.1) is 16.9 Å². The first-order valence-corrected chi connectivity index (χ1v) is 9.41. The molecule has 3 aromatic rings. The Morgan fingerprint density at radius 3 is 2.36 bits per heavy atom. The number of rotatable bonds is 7. The number of ether oxygens (including phenoxy) is 3. The van der Waals surface area contributed by atoms with E-state index in [2.05, 4.69) is 15.5 Å². The largest absolute Gasteiger partial charge is 0.493 e. The first kappa shape index (κ1) is 19.6. The Kier molecular flexibility index (Phi) is 6.05. The van der Waals surface area contributed by atoms with Gasteiger partial charge in [0.25, 0.3) is 5.91 Å². The quantitative estimate of drug-likeness (QED) is 0.598. The summed E-state index contributed by atoms with van der Waals surface area (Å²) in [7, 11) is 4.55. The van der Waals surface area contributed by atoms with Crippen molar-refractivity contribution in [1.82, 2.24) is 10.2 Å². The van der Waals surface area contributed by atoms with Crippen molar-refractivity contribution in [2.45, 2.75) is 4.90 Å². The Balaban J connectivity index is 1.85. The van der Waals surface area contributed by atoms with Gasteiger partial charge < -0.3 is 18.6 Å². The molecule has 0 fully saturated rings. The lowest BCUT2D eigenvalue weighted by Crippen LogP contribution is -2.12. The monoisotopic (exact) mass is 401 g/mol. The van der Waals surface area contributed by atoms with Gasteiger partial charge in [-0.1, -0.05) is 11.2 Å². The minimum absolute atomic E-state index is 0.0108. The molecule has 2 aromatic carbocycles. The summed E-state index contributed by atoms with van der Waals surface area (Å²) < 4.78 is 21.5. The maximum absolute atomic E-state index is 12.4. The first-order chi connectivity index (χ1) is 13.6. The van der Waals surface area contributed by atoms with Gasteiger partial charge in [0.15, 0.2) is 11.5 Å². The zero-order valence-corrected chi connectivity index (χ0v) is 16.6. The number of amides is 1. The molecule has 1 amide bonds. The van der Waals surface area contributed by atoms with E-state index in [0.29, 0.717) is 28.4 Å². The highest BCUT2D eigenvalue weighted by Crippen LogP contribution is 2.41. The fourth-order valence-electron chi connectivity index (χ4n) is 2.53. The molecule has 1 N–H and O–H groups in total. The summed E-state index contributed by atoms with van der Waals surface area (Å²) in [5.41, 5.74) is 1.06. The molecule has 0 radical (unpaired) electrons. The second kappa shape index (κ2) is 8.66. The van der Waals surface area contributed by atoms with Gasteiger partial charge in [-0.05, 0) is 36.6 Å². The number of carbonyl (C=O) groups is 1. The molecule has 0 saturated heterocycles. The third kappa shape index (κ3) is 4.04. The smallest absolute Gasteiger partial charge is 0.322 e. The van der Waals surface area contributed by atoms with Gasteiger partial charge in [0.1, 0.15) is 0 Å². The fraction of sp³-hybridized carbons (Fsp3) is 0.211. The Morgan fingerprint density at radius 1 is 1.04 bits per heavy atom. The van der Waals surface area contributed by atoms with Crippen LogP contribution in [0.4, 0.5) is 6.01 Å². The number of aromatic nitrogens is 2. The van der Waals surface area contributed by atoms with Crippen LogP contribution in [0.15, 0.2) is 45.7 Å². The number of methoxy groups -OCH3 is 3. The van der Waals surface area contributed by atoms with Gasteiger partial charge in [0.2, 0.25) is 11.6 Å². The van der Waals surface area contributed by atoms with Crippen LogP contribution in [-0.4, -0.2) is 43.7 Å². The van der Waals surface area contributed by atoms with Crippen LogP contribution in [0, 0.1) is 0 Å². The predicted molar refractivity (Wildman–Crippen MR) is 106 cm³/mol. The van der Waals surface area contributed by atoms with Gasteiger partial charge in [-0.2, -0.15) is 0 Å². The van der Waals surface area contributed by atoms with E-state index >= 15 is 0 Å². The van der Waals surface area contributed by atoms with Crippen LogP contribution in [0.1, 0.15) is 10.4 Å². The highest BCUT2D eigenvalue weighted by molar-refractivity contribution is 7.98. The van der Waals surface area contributed by atoms with Crippen LogP contribution in [0.5, 0.6) is 17.2 Å². The average molecular weight is 401 g/mol. The third-order valence-corrected chi connectivity index (χ3v) is 4.61. The molecule has 0 spiro atoms. The fourth-order valence-corrected chi connectivity index (χ4v) is 2.99. The van der Waals surface area contributed by atoms with Crippen LogP contribution in [0.2, 0.25) is 0 Å². The summed E-state index contributed by atoms with van der Waals surface area (Å²) >= 11 is 1.55. The van der Waals surface area contributed by atoms with Crippen molar-refractivity contribution in [3.05, 3.63) is 42.0 Å². The van der Waals surface area contributed by atoms with E-state index in [4.69, 9.17) is 18.6 Å². The summed E-state index contributed by atoms with van der Waals surface area (Å²) in [4.78, 5) is 13.4. The molecule has 8 nitrogen and oxygen atoms in total. The molecule has 3 rings (SSSR count). The van der Waals surface area contributed by atoms with Crippen LogP contribution in [0.3, 0.4) is 0 Å². The number of carbonyl (C=O) groups excluding carboxylic acids is 1. The molecule has 28 heavy (non-hydrogen) atoms. The summed E-state index contributed by atoms with van der Waals surface area (Å²) in [6.07, 6.45) is 1.94. The molecule has 0 aliphatic rings. The van der Waals surface area contributed by atoms with E-state index < -0.39 is 0 Å². The summed E-state index contributed by atoms with van der Waals surface area (Å²) in [6, 6.07) is 10.6. The molecule has 1 heterocycles. The molecule has 9 heteroatoms. The van der Waals surface area contributed by atoms with E-state index in [1.165, 1.54) is 21.3 Å². The normalized spacial score (nSPS) is 10.4.